The number of aliphatic carboxylic acids is 1. The number of amides is 1. The second kappa shape index (κ2) is 10.7. The summed E-state index contributed by atoms with van der Waals surface area (Å²) in [5.74, 6) is 0.497. The van der Waals surface area contributed by atoms with E-state index in [-0.39, 0.29) is 40.7 Å². The van der Waals surface area contributed by atoms with Gasteiger partial charge in [0.05, 0.1) is 0 Å². The molecule has 141 valence electrons. The third-order valence-corrected chi connectivity index (χ3v) is 5.40. The van der Waals surface area contributed by atoms with Crippen LogP contribution in [0, 0.1) is 16.7 Å². The normalized spacial score (nSPS) is 14.5. The summed E-state index contributed by atoms with van der Waals surface area (Å²) in [6.45, 7) is 11.8. The van der Waals surface area contributed by atoms with Crippen molar-refractivity contribution in [3.8, 4) is 0 Å². The molecular weight excluding hydrogens is 400 g/mol. The van der Waals surface area contributed by atoms with Gasteiger partial charge in [-0.3, -0.25) is 0 Å². The van der Waals surface area contributed by atoms with Gasteiger partial charge in [0, 0.05) is 0 Å². The predicted molar refractivity (Wildman–Crippen MR) is 102 cm³/mol. The van der Waals surface area contributed by atoms with Crippen molar-refractivity contribution in [3.05, 3.63) is 0 Å². The standard InChI is InChI=1S/C17H30AsBNO4S/c1-16(2,3)11(7-8-13(21)22)15(24)20-12(17(4,5)6)10-25-14(23)9-19-18/h11-12H,7-10H2,1-6H3,(H,20,24)(H,21,22)/p-1/t11-,12-/m0/s1. The van der Waals surface area contributed by atoms with E-state index in [0.29, 0.717) is 12.1 Å². The predicted octanol–water partition coefficient (Wildman–Crippen LogP) is 1.18. The number of carboxylic acid groups (broad SMARTS) is 1. The zero-order valence-corrected chi connectivity index (χ0v) is 18.7. The van der Waals surface area contributed by atoms with Crippen molar-refractivity contribution in [2.75, 3.05) is 5.75 Å². The van der Waals surface area contributed by atoms with Crippen LogP contribution in [0.15, 0.2) is 0 Å². The summed E-state index contributed by atoms with van der Waals surface area (Å²) in [4.78, 5) is 35.4. The molecule has 5 nitrogen and oxygen atoms in total. The molecule has 1 amide bonds. The SMILES string of the molecule is CC(C)(C)[C@H](CSC(=O)C[B][As])NC(=O)[C@H](CCC(=O)[O-])C(C)(C)C. The molecule has 3 radical (unpaired) electrons. The Morgan fingerprint density at radius 1 is 1.12 bits per heavy atom. The first kappa shape index (κ1) is 24.6. The second-order valence-electron chi connectivity index (χ2n) is 8.33. The summed E-state index contributed by atoms with van der Waals surface area (Å²) >= 11 is 3.48. The van der Waals surface area contributed by atoms with E-state index in [0.717, 1.165) is 0 Å². The maximum atomic E-state index is 12.8. The van der Waals surface area contributed by atoms with Gasteiger partial charge in [-0.1, -0.05) is 0 Å². The van der Waals surface area contributed by atoms with Gasteiger partial charge in [-0.05, 0) is 0 Å². The second-order valence-corrected chi connectivity index (χ2v) is 10.2. The summed E-state index contributed by atoms with van der Waals surface area (Å²) in [5.41, 5.74) is -0.578. The molecule has 0 unspecified atom stereocenters. The fraction of sp³-hybridized carbons (Fsp3) is 0.824. The molecule has 0 aliphatic heterocycles. The van der Waals surface area contributed by atoms with Crippen LogP contribution in [0.4, 0.5) is 0 Å². The monoisotopic (exact) mass is 429 g/mol. The van der Waals surface area contributed by atoms with Crippen molar-refractivity contribution in [2.45, 2.75) is 66.7 Å². The molecule has 0 fully saturated rings. The van der Waals surface area contributed by atoms with E-state index >= 15 is 0 Å². The van der Waals surface area contributed by atoms with Gasteiger partial charge in [-0.25, -0.2) is 0 Å². The average molecular weight is 429 g/mol. The molecule has 0 spiro atoms. The molecule has 0 heterocycles. The van der Waals surface area contributed by atoms with Crippen molar-refractivity contribution >= 4 is 51.4 Å². The van der Waals surface area contributed by atoms with Gasteiger partial charge in [0.25, 0.3) is 0 Å². The number of nitrogens with one attached hydrogen (secondary N) is 1. The molecule has 0 saturated carbocycles. The van der Waals surface area contributed by atoms with Gasteiger partial charge in [0.15, 0.2) is 0 Å². The van der Waals surface area contributed by atoms with E-state index in [1.807, 2.05) is 41.5 Å². The summed E-state index contributed by atoms with van der Waals surface area (Å²) in [5, 5.41) is 13.9. The molecule has 8 heteroatoms. The maximum absolute atomic E-state index is 12.8. The number of carboxylic acids is 1. The topological polar surface area (TPSA) is 86.3 Å². The Morgan fingerprint density at radius 3 is 2.08 bits per heavy atom. The minimum absolute atomic E-state index is 0.0634. The molecule has 25 heavy (non-hydrogen) atoms. The molecule has 0 aromatic carbocycles. The van der Waals surface area contributed by atoms with E-state index in [2.05, 4.69) is 22.0 Å². The Balaban J connectivity index is 5.07. The van der Waals surface area contributed by atoms with Crippen LogP contribution in [0.3, 0.4) is 0 Å². The third-order valence-electron chi connectivity index (χ3n) is 4.03. The summed E-state index contributed by atoms with van der Waals surface area (Å²) < 4.78 is 0. The molecule has 0 rings (SSSR count). The summed E-state index contributed by atoms with van der Waals surface area (Å²) in [6.07, 6.45) is 0.475. The van der Waals surface area contributed by atoms with Crippen LogP contribution in [0.2, 0.25) is 6.32 Å². The van der Waals surface area contributed by atoms with Crippen molar-refractivity contribution < 1.29 is 19.5 Å². The van der Waals surface area contributed by atoms with Crippen LogP contribution in [0.1, 0.15) is 54.4 Å². The van der Waals surface area contributed by atoms with Gasteiger partial charge in [-0.15, -0.1) is 0 Å². The Hall–Kier alpha value is -0.417. The van der Waals surface area contributed by atoms with Gasteiger partial charge in [0.1, 0.15) is 0 Å². The molecule has 0 saturated heterocycles. The summed E-state index contributed by atoms with van der Waals surface area (Å²) in [6, 6.07) is -0.187. The van der Waals surface area contributed by atoms with Crippen LogP contribution in [-0.4, -0.2) is 51.4 Å². The minimum atomic E-state index is -1.15. The number of hydrogen-bond donors (Lipinski definition) is 1. The summed E-state index contributed by atoms with van der Waals surface area (Å²) in [7, 11) is 0. The molecule has 1 N–H and O–H groups in total. The van der Waals surface area contributed by atoms with Gasteiger partial charge in [-0.2, -0.15) is 0 Å². The fourth-order valence-corrected chi connectivity index (χ4v) is 4.06. The first-order chi connectivity index (χ1) is 11.3. The number of thioether (sulfide) groups is 1. The zero-order valence-electron chi connectivity index (χ0n) is 16.0. The van der Waals surface area contributed by atoms with Gasteiger partial charge >= 0.3 is 156 Å². The van der Waals surface area contributed by atoms with Crippen molar-refractivity contribution in [1.82, 2.24) is 5.32 Å². The molecule has 2 atom stereocenters. The van der Waals surface area contributed by atoms with Crippen LogP contribution in [0.25, 0.3) is 0 Å². The van der Waals surface area contributed by atoms with Crippen LogP contribution in [0.5, 0.6) is 0 Å². The first-order valence-corrected chi connectivity index (χ1v) is 10.5. The Bertz CT molecular complexity index is 474. The van der Waals surface area contributed by atoms with E-state index in [1.165, 1.54) is 11.8 Å². The molecule has 0 aliphatic carbocycles. The average Bonchev–Trinajstić information content (AvgIpc) is 2.40. The Labute approximate surface area is 165 Å². The first-order valence-electron chi connectivity index (χ1n) is 8.40. The number of carbonyl (C=O) groups excluding carboxylic acids is 3. The zero-order chi connectivity index (χ0) is 19.8. The quantitative estimate of drug-likeness (QED) is 0.557. The van der Waals surface area contributed by atoms with E-state index < -0.39 is 11.9 Å². The third kappa shape index (κ3) is 10.3. The van der Waals surface area contributed by atoms with Gasteiger partial charge in [0.2, 0.25) is 0 Å². The molecule has 0 bridgehead atoms. The molecule has 0 aliphatic rings. The molecule has 0 aromatic rings. The van der Waals surface area contributed by atoms with E-state index in [4.69, 9.17) is 0 Å². The van der Waals surface area contributed by atoms with Crippen molar-refractivity contribution in [2.24, 2.45) is 16.7 Å². The van der Waals surface area contributed by atoms with E-state index in [1.54, 1.807) is 5.97 Å². The fourth-order valence-electron chi connectivity index (χ4n) is 2.31. The number of rotatable bonds is 9. The Morgan fingerprint density at radius 2 is 1.68 bits per heavy atom. The van der Waals surface area contributed by atoms with Gasteiger partial charge < -0.3 is 9.90 Å². The van der Waals surface area contributed by atoms with Crippen molar-refractivity contribution in [3.63, 3.8) is 0 Å². The van der Waals surface area contributed by atoms with Crippen molar-refractivity contribution in [1.29, 1.82) is 0 Å². The number of hydrogen-bond acceptors (Lipinski definition) is 5. The molecule has 0 aromatic heterocycles. The Kier molecular flexibility index (Phi) is 10.5. The molecular formula is C17H29AsBNO4S-. The van der Waals surface area contributed by atoms with E-state index in [9.17, 15) is 19.5 Å². The number of carbonyl (C=O) groups is 3. The van der Waals surface area contributed by atoms with Crippen LogP contribution < -0.4 is 10.4 Å². The van der Waals surface area contributed by atoms with Crippen LogP contribution >= 0.6 is 11.8 Å². The van der Waals surface area contributed by atoms with Crippen LogP contribution in [-0.2, 0) is 14.4 Å².